The number of ether oxygens (including phenoxy) is 1. The van der Waals surface area contributed by atoms with E-state index in [1.54, 1.807) is 0 Å². The van der Waals surface area contributed by atoms with Crippen LogP contribution >= 0.6 is 0 Å². The zero-order valence-electron chi connectivity index (χ0n) is 12.2. The Labute approximate surface area is 116 Å². The molecule has 0 amide bonds. The van der Waals surface area contributed by atoms with Crippen molar-refractivity contribution in [1.82, 2.24) is 4.90 Å². The standard InChI is InChI=1S/C16H26N2O/c1-3-4-14-5-7-15(8-6-14)9-18(2)11-16(10-17)12-19-13-16/h5-8H,3-4,9-13,17H2,1-2H3. The van der Waals surface area contributed by atoms with E-state index in [1.807, 2.05) is 0 Å². The van der Waals surface area contributed by atoms with E-state index in [4.69, 9.17) is 10.5 Å². The van der Waals surface area contributed by atoms with E-state index >= 15 is 0 Å². The maximum Gasteiger partial charge on any atom is 0.0569 e. The van der Waals surface area contributed by atoms with Crippen molar-refractivity contribution in [1.29, 1.82) is 0 Å². The third kappa shape index (κ3) is 3.78. The Balaban J connectivity index is 1.86. The van der Waals surface area contributed by atoms with Gasteiger partial charge >= 0.3 is 0 Å². The molecular weight excluding hydrogens is 236 g/mol. The van der Waals surface area contributed by atoms with Gasteiger partial charge < -0.3 is 15.4 Å². The Morgan fingerprint density at radius 2 is 1.84 bits per heavy atom. The predicted octanol–water partition coefficient (Wildman–Crippen LogP) is 2.05. The molecule has 0 aromatic heterocycles. The largest absolute Gasteiger partial charge is 0.380 e. The van der Waals surface area contributed by atoms with Gasteiger partial charge in [-0.25, -0.2) is 0 Å². The maximum atomic E-state index is 5.86. The van der Waals surface area contributed by atoms with Gasteiger partial charge in [-0.3, -0.25) is 0 Å². The van der Waals surface area contributed by atoms with Crippen molar-refractivity contribution in [2.75, 3.05) is 33.4 Å². The molecule has 0 spiro atoms. The number of benzene rings is 1. The molecule has 0 aliphatic carbocycles. The Hall–Kier alpha value is -0.900. The predicted molar refractivity (Wildman–Crippen MR) is 79.1 cm³/mol. The first-order valence-corrected chi connectivity index (χ1v) is 7.22. The molecule has 3 heteroatoms. The zero-order chi connectivity index (χ0) is 13.7. The molecule has 1 aromatic carbocycles. The highest BCUT2D eigenvalue weighted by Crippen LogP contribution is 2.27. The normalized spacial score (nSPS) is 17.5. The summed E-state index contributed by atoms with van der Waals surface area (Å²) in [6.45, 7) is 6.54. The van der Waals surface area contributed by atoms with Crippen LogP contribution in [0.25, 0.3) is 0 Å². The first-order chi connectivity index (χ1) is 9.17. The summed E-state index contributed by atoms with van der Waals surface area (Å²) < 4.78 is 5.32. The summed E-state index contributed by atoms with van der Waals surface area (Å²) >= 11 is 0. The molecule has 1 aromatic rings. The molecule has 0 atom stereocenters. The van der Waals surface area contributed by atoms with Crippen LogP contribution in [-0.4, -0.2) is 38.3 Å². The molecule has 0 unspecified atom stereocenters. The van der Waals surface area contributed by atoms with E-state index in [0.717, 1.165) is 26.3 Å². The number of aryl methyl sites for hydroxylation is 1. The van der Waals surface area contributed by atoms with Gasteiger partial charge in [0, 0.05) is 25.0 Å². The van der Waals surface area contributed by atoms with Gasteiger partial charge in [-0.05, 0) is 24.6 Å². The Morgan fingerprint density at radius 1 is 1.21 bits per heavy atom. The molecule has 1 aliphatic heterocycles. The molecular formula is C16H26N2O. The second-order valence-electron chi connectivity index (χ2n) is 5.94. The fourth-order valence-corrected chi connectivity index (χ4v) is 2.70. The Bertz CT molecular complexity index is 379. The third-order valence-electron chi connectivity index (χ3n) is 3.87. The number of hydrogen-bond acceptors (Lipinski definition) is 3. The summed E-state index contributed by atoms with van der Waals surface area (Å²) in [5.41, 5.74) is 8.85. The zero-order valence-corrected chi connectivity index (χ0v) is 12.2. The highest BCUT2D eigenvalue weighted by atomic mass is 16.5. The molecule has 0 bridgehead atoms. The molecule has 2 N–H and O–H groups in total. The van der Waals surface area contributed by atoms with Crippen LogP contribution in [-0.2, 0) is 17.7 Å². The molecule has 1 fully saturated rings. The molecule has 19 heavy (non-hydrogen) atoms. The second-order valence-corrected chi connectivity index (χ2v) is 5.94. The third-order valence-corrected chi connectivity index (χ3v) is 3.87. The minimum Gasteiger partial charge on any atom is -0.380 e. The summed E-state index contributed by atoms with van der Waals surface area (Å²) in [6.07, 6.45) is 2.38. The van der Waals surface area contributed by atoms with Gasteiger partial charge in [-0.15, -0.1) is 0 Å². The van der Waals surface area contributed by atoms with Gasteiger partial charge in [0.1, 0.15) is 0 Å². The monoisotopic (exact) mass is 262 g/mol. The van der Waals surface area contributed by atoms with Gasteiger partial charge in [0.05, 0.1) is 13.2 Å². The summed E-state index contributed by atoms with van der Waals surface area (Å²) in [6, 6.07) is 8.98. The second kappa shape index (κ2) is 6.51. The highest BCUT2D eigenvalue weighted by molar-refractivity contribution is 5.22. The van der Waals surface area contributed by atoms with Crippen LogP contribution in [0, 0.1) is 5.41 Å². The quantitative estimate of drug-likeness (QED) is 0.817. The Kier molecular flexibility index (Phi) is 4.97. The average molecular weight is 262 g/mol. The van der Waals surface area contributed by atoms with Crippen molar-refractivity contribution in [3.05, 3.63) is 35.4 Å². The first kappa shape index (κ1) is 14.5. The Morgan fingerprint density at radius 3 is 2.32 bits per heavy atom. The van der Waals surface area contributed by atoms with E-state index in [9.17, 15) is 0 Å². The summed E-state index contributed by atoms with van der Waals surface area (Å²) in [7, 11) is 2.16. The fourth-order valence-electron chi connectivity index (χ4n) is 2.70. The van der Waals surface area contributed by atoms with Crippen molar-refractivity contribution < 1.29 is 4.74 Å². The van der Waals surface area contributed by atoms with Gasteiger partial charge in [-0.2, -0.15) is 0 Å². The maximum absolute atomic E-state index is 5.86. The average Bonchev–Trinajstić information content (AvgIpc) is 2.37. The van der Waals surface area contributed by atoms with Crippen LogP contribution < -0.4 is 5.73 Å². The lowest BCUT2D eigenvalue weighted by Gasteiger charge is -2.43. The van der Waals surface area contributed by atoms with Crippen LogP contribution in [0.4, 0.5) is 0 Å². The number of nitrogens with zero attached hydrogens (tertiary/aromatic N) is 1. The van der Waals surface area contributed by atoms with Crippen molar-refractivity contribution in [3.63, 3.8) is 0 Å². The lowest BCUT2D eigenvalue weighted by molar-refractivity contribution is -0.118. The van der Waals surface area contributed by atoms with Crippen LogP contribution in [0.2, 0.25) is 0 Å². The topological polar surface area (TPSA) is 38.5 Å². The van der Waals surface area contributed by atoms with Gasteiger partial charge in [0.15, 0.2) is 0 Å². The summed E-state index contributed by atoms with van der Waals surface area (Å²) in [5.74, 6) is 0. The molecule has 1 saturated heterocycles. The van der Waals surface area contributed by atoms with Crippen LogP contribution in [0.5, 0.6) is 0 Å². The van der Waals surface area contributed by atoms with E-state index in [2.05, 4.69) is 43.1 Å². The fraction of sp³-hybridized carbons (Fsp3) is 0.625. The highest BCUT2D eigenvalue weighted by Gasteiger charge is 2.38. The lowest BCUT2D eigenvalue weighted by Crippen LogP contribution is -2.54. The van der Waals surface area contributed by atoms with Crippen LogP contribution in [0.3, 0.4) is 0 Å². The molecule has 0 radical (unpaired) electrons. The summed E-state index contributed by atoms with van der Waals surface area (Å²) in [5, 5.41) is 0. The number of rotatable bonds is 7. The van der Waals surface area contributed by atoms with Gasteiger partial charge in [0.2, 0.25) is 0 Å². The van der Waals surface area contributed by atoms with Crippen molar-refractivity contribution in [2.45, 2.75) is 26.3 Å². The summed E-state index contributed by atoms with van der Waals surface area (Å²) in [4.78, 5) is 2.35. The molecule has 1 heterocycles. The van der Waals surface area contributed by atoms with Gasteiger partial charge in [-0.1, -0.05) is 37.6 Å². The van der Waals surface area contributed by atoms with E-state index in [0.29, 0.717) is 6.54 Å². The van der Waals surface area contributed by atoms with Crippen molar-refractivity contribution in [2.24, 2.45) is 11.1 Å². The molecule has 1 aliphatic rings. The van der Waals surface area contributed by atoms with Crippen molar-refractivity contribution >= 4 is 0 Å². The minimum atomic E-state index is 0.191. The SMILES string of the molecule is CCCc1ccc(CN(C)CC2(CN)COC2)cc1. The number of nitrogens with two attached hydrogens (primary N) is 1. The van der Waals surface area contributed by atoms with Gasteiger partial charge in [0.25, 0.3) is 0 Å². The van der Waals surface area contributed by atoms with E-state index in [1.165, 1.54) is 24.0 Å². The van der Waals surface area contributed by atoms with Crippen LogP contribution in [0.15, 0.2) is 24.3 Å². The molecule has 2 rings (SSSR count). The van der Waals surface area contributed by atoms with Crippen molar-refractivity contribution in [3.8, 4) is 0 Å². The molecule has 3 nitrogen and oxygen atoms in total. The first-order valence-electron chi connectivity index (χ1n) is 7.22. The smallest absolute Gasteiger partial charge is 0.0569 e. The minimum absolute atomic E-state index is 0.191. The lowest BCUT2D eigenvalue weighted by atomic mass is 9.85. The van der Waals surface area contributed by atoms with E-state index in [-0.39, 0.29) is 5.41 Å². The molecule has 0 saturated carbocycles. The van der Waals surface area contributed by atoms with E-state index < -0.39 is 0 Å². The van der Waals surface area contributed by atoms with Crippen LogP contribution in [0.1, 0.15) is 24.5 Å². The number of hydrogen-bond donors (Lipinski definition) is 1. The molecule has 106 valence electrons.